The summed E-state index contributed by atoms with van der Waals surface area (Å²) in [6.07, 6.45) is 1.02. The molecule has 0 spiro atoms. The second kappa shape index (κ2) is 6.30. The molecule has 0 heterocycles. The average Bonchev–Trinajstić information content (AvgIpc) is 2.16. The fourth-order valence-electron chi connectivity index (χ4n) is 1.47. The van der Waals surface area contributed by atoms with Gasteiger partial charge in [-0.15, -0.1) is 0 Å². The first-order chi connectivity index (χ1) is 7.22. The van der Waals surface area contributed by atoms with Crippen LogP contribution in [-0.4, -0.2) is 19.8 Å². The number of anilines is 2. The van der Waals surface area contributed by atoms with Crippen LogP contribution in [0, 0.1) is 6.92 Å². The molecule has 84 valence electrons. The maximum Gasteiger partial charge on any atom is 0.0482 e. The predicted molar refractivity (Wildman–Crippen MR) is 65.2 cm³/mol. The van der Waals surface area contributed by atoms with Gasteiger partial charge in [-0.05, 0) is 44.0 Å². The zero-order chi connectivity index (χ0) is 11.1. The SMILES string of the molecule is CCOCCCNc1cc(C)cc(N)c1. The highest BCUT2D eigenvalue weighted by Crippen LogP contribution is 2.15. The Morgan fingerprint density at radius 1 is 1.33 bits per heavy atom. The Balaban J connectivity index is 2.31. The van der Waals surface area contributed by atoms with Crippen LogP contribution in [0.2, 0.25) is 0 Å². The Hall–Kier alpha value is -1.22. The van der Waals surface area contributed by atoms with E-state index in [0.29, 0.717) is 0 Å². The highest BCUT2D eigenvalue weighted by atomic mass is 16.5. The van der Waals surface area contributed by atoms with Gasteiger partial charge in [0.05, 0.1) is 0 Å². The summed E-state index contributed by atoms with van der Waals surface area (Å²) < 4.78 is 5.25. The van der Waals surface area contributed by atoms with E-state index in [1.54, 1.807) is 0 Å². The van der Waals surface area contributed by atoms with Crippen molar-refractivity contribution >= 4 is 11.4 Å². The van der Waals surface area contributed by atoms with E-state index in [0.717, 1.165) is 37.6 Å². The van der Waals surface area contributed by atoms with E-state index in [9.17, 15) is 0 Å². The second-order valence-electron chi connectivity index (χ2n) is 3.61. The molecule has 0 aromatic heterocycles. The number of nitrogen functional groups attached to an aromatic ring is 1. The number of rotatable bonds is 6. The molecule has 3 nitrogen and oxygen atoms in total. The lowest BCUT2D eigenvalue weighted by molar-refractivity contribution is 0.147. The van der Waals surface area contributed by atoms with Gasteiger partial charge in [0.25, 0.3) is 0 Å². The van der Waals surface area contributed by atoms with E-state index in [-0.39, 0.29) is 0 Å². The molecule has 0 aliphatic carbocycles. The molecule has 1 aromatic rings. The number of aryl methyl sites for hydroxylation is 1. The minimum Gasteiger partial charge on any atom is -0.399 e. The largest absolute Gasteiger partial charge is 0.399 e. The van der Waals surface area contributed by atoms with Gasteiger partial charge in [-0.1, -0.05) is 0 Å². The van der Waals surface area contributed by atoms with Crippen molar-refractivity contribution in [2.75, 3.05) is 30.8 Å². The van der Waals surface area contributed by atoms with Gasteiger partial charge in [0.1, 0.15) is 0 Å². The van der Waals surface area contributed by atoms with Gasteiger partial charge in [0.15, 0.2) is 0 Å². The molecule has 0 atom stereocenters. The Bertz CT molecular complexity index is 279. The summed E-state index contributed by atoms with van der Waals surface area (Å²) in [5, 5.41) is 3.33. The third-order valence-electron chi connectivity index (χ3n) is 2.10. The van der Waals surface area contributed by atoms with Gasteiger partial charge >= 0.3 is 0 Å². The molecule has 15 heavy (non-hydrogen) atoms. The minimum atomic E-state index is 0.789. The maximum absolute atomic E-state index is 5.75. The third-order valence-corrected chi connectivity index (χ3v) is 2.10. The Morgan fingerprint density at radius 3 is 2.80 bits per heavy atom. The molecule has 0 radical (unpaired) electrons. The first-order valence-corrected chi connectivity index (χ1v) is 5.41. The lowest BCUT2D eigenvalue weighted by atomic mass is 10.2. The maximum atomic E-state index is 5.75. The fourth-order valence-corrected chi connectivity index (χ4v) is 1.47. The van der Waals surface area contributed by atoms with Gasteiger partial charge in [-0.3, -0.25) is 0 Å². The fraction of sp³-hybridized carbons (Fsp3) is 0.500. The van der Waals surface area contributed by atoms with E-state index in [1.165, 1.54) is 5.56 Å². The molecule has 3 heteroatoms. The quantitative estimate of drug-likeness (QED) is 0.557. The van der Waals surface area contributed by atoms with E-state index in [4.69, 9.17) is 10.5 Å². The number of nitrogens with one attached hydrogen (secondary N) is 1. The van der Waals surface area contributed by atoms with Gasteiger partial charge in [-0.2, -0.15) is 0 Å². The smallest absolute Gasteiger partial charge is 0.0482 e. The Labute approximate surface area is 91.6 Å². The van der Waals surface area contributed by atoms with Gasteiger partial charge in [-0.25, -0.2) is 0 Å². The Morgan fingerprint density at radius 2 is 2.13 bits per heavy atom. The highest BCUT2D eigenvalue weighted by Gasteiger charge is 1.95. The van der Waals surface area contributed by atoms with Crippen LogP contribution in [0.3, 0.4) is 0 Å². The third kappa shape index (κ3) is 4.70. The second-order valence-corrected chi connectivity index (χ2v) is 3.61. The monoisotopic (exact) mass is 208 g/mol. The van der Waals surface area contributed by atoms with Gasteiger partial charge in [0, 0.05) is 31.1 Å². The van der Waals surface area contributed by atoms with Crippen molar-refractivity contribution in [3.63, 3.8) is 0 Å². The summed E-state index contributed by atoms with van der Waals surface area (Å²) in [7, 11) is 0. The molecule has 0 saturated carbocycles. The van der Waals surface area contributed by atoms with Crippen LogP contribution in [-0.2, 0) is 4.74 Å². The number of nitrogens with two attached hydrogens (primary N) is 1. The van der Waals surface area contributed by atoms with Crippen molar-refractivity contribution in [1.82, 2.24) is 0 Å². The molecule has 1 rings (SSSR count). The summed E-state index contributed by atoms with van der Waals surface area (Å²) in [5.74, 6) is 0. The minimum absolute atomic E-state index is 0.789. The lowest BCUT2D eigenvalue weighted by Crippen LogP contribution is -2.06. The van der Waals surface area contributed by atoms with E-state index in [1.807, 2.05) is 26.0 Å². The van der Waals surface area contributed by atoms with Crippen molar-refractivity contribution < 1.29 is 4.74 Å². The van der Waals surface area contributed by atoms with Crippen LogP contribution in [0.25, 0.3) is 0 Å². The Kier molecular flexibility index (Phi) is 4.98. The van der Waals surface area contributed by atoms with Crippen LogP contribution in [0.4, 0.5) is 11.4 Å². The summed E-state index contributed by atoms with van der Waals surface area (Å²) in [6, 6.07) is 6.01. The molecule has 1 aromatic carbocycles. The standard InChI is InChI=1S/C12H20N2O/c1-3-15-6-4-5-14-12-8-10(2)7-11(13)9-12/h7-9,14H,3-6,13H2,1-2H3. The van der Waals surface area contributed by atoms with Gasteiger partial charge in [0.2, 0.25) is 0 Å². The molecule has 3 N–H and O–H groups in total. The van der Waals surface area contributed by atoms with E-state index in [2.05, 4.69) is 11.4 Å². The average molecular weight is 208 g/mol. The van der Waals surface area contributed by atoms with Crippen LogP contribution < -0.4 is 11.1 Å². The summed E-state index contributed by atoms with van der Waals surface area (Å²) in [5.41, 5.74) is 8.82. The first kappa shape index (κ1) is 11.9. The highest BCUT2D eigenvalue weighted by molar-refractivity contribution is 5.56. The normalized spacial score (nSPS) is 10.3. The van der Waals surface area contributed by atoms with Crippen molar-refractivity contribution in [2.45, 2.75) is 20.3 Å². The van der Waals surface area contributed by atoms with Crippen LogP contribution >= 0.6 is 0 Å². The zero-order valence-corrected chi connectivity index (χ0v) is 9.55. The molecular weight excluding hydrogens is 188 g/mol. The van der Waals surface area contributed by atoms with Crippen LogP contribution in [0.1, 0.15) is 18.9 Å². The molecule has 0 unspecified atom stereocenters. The molecular formula is C12H20N2O. The molecule has 0 aliphatic heterocycles. The number of benzene rings is 1. The summed E-state index contributed by atoms with van der Waals surface area (Å²) >= 11 is 0. The van der Waals surface area contributed by atoms with Crippen molar-refractivity contribution in [3.8, 4) is 0 Å². The van der Waals surface area contributed by atoms with Crippen molar-refractivity contribution in [2.24, 2.45) is 0 Å². The number of ether oxygens (including phenoxy) is 1. The topological polar surface area (TPSA) is 47.3 Å². The molecule has 0 aliphatic rings. The summed E-state index contributed by atoms with van der Waals surface area (Å²) in [6.45, 7) is 6.57. The number of hydrogen-bond donors (Lipinski definition) is 2. The van der Waals surface area contributed by atoms with E-state index < -0.39 is 0 Å². The van der Waals surface area contributed by atoms with Crippen molar-refractivity contribution in [3.05, 3.63) is 23.8 Å². The lowest BCUT2D eigenvalue weighted by Gasteiger charge is -2.08. The molecule has 0 fully saturated rings. The van der Waals surface area contributed by atoms with Crippen molar-refractivity contribution in [1.29, 1.82) is 0 Å². The molecule has 0 saturated heterocycles. The van der Waals surface area contributed by atoms with E-state index >= 15 is 0 Å². The van der Waals surface area contributed by atoms with Crippen LogP contribution in [0.15, 0.2) is 18.2 Å². The predicted octanol–water partition coefficient (Wildman–Crippen LogP) is 2.42. The summed E-state index contributed by atoms with van der Waals surface area (Å²) in [4.78, 5) is 0. The zero-order valence-electron chi connectivity index (χ0n) is 9.55. The molecule has 0 amide bonds. The van der Waals surface area contributed by atoms with Gasteiger partial charge < -0.3 is 15.8 Å². The first-order valence-electron chi connectivity index (χ1n) is 5.41. The molecule has 0 bridgehead atoms. The number of hydrogen-bond acceptors (Lipinski definition) is 3. The van der Waals surface area contributed by atoms with Crippen LogP contribution in [0.5, 0.6) is 0 Å².